The van der Waals surface area contributed by atoms with E-state index in [1.54, 1.807) is 6.07 Å². The van der Waals surface area contributed by atoms with Gasteiger partial charge in [0, 0.05) is 6.07 Å². The third-order valence-corrected chi connectivity index (χ3v) is 3.46. The third kappa shape index (κ3) is 3.18. The highest BCUT2D eigenvalue weighted by molar-refractivity contribution is 7.89. The molecule has 1 N–H and O–H groups in total. The summed E-state index contributed by atoms with van der Waals surface area (Å²) in [5, 5.41) is 0. The molecule has 0 amide bonds. The second-order valence-electron chi connectivity index (χ2n) is 3.04. The lowest BCUT2D eigenvalue weighted by molar-refractivity contribution is -0.106. The number of hydrogen-bond donors (Lipinski definition) is 1. The van der Waals surface area contributed by atoms with Crippen molar-refractivity contribution in [1.82, 2.24) is 4.72 Å². The van der Waals surface area contributed by atoms with Crippen LogP contribution >= 0.6 is 0 Å². The van der Waals surface area contributed by atoms with E-state index < -0.39 is 10.0 Å². The molecule has 7 heteroatoms. The van der Waals surface area contributed by atoms with Gasteiger partial charge in [0.05, 0.1) is 20.8 Å². The number of carbonyl (C=O) groups excluding carboxylic acids is 1. The summed E-state index contributed by atoms with van der Waals surface area (Å²) in [4.78, 5) is 10.1. The van der Waals surface area contributed by atoms with Crippen LogP contribution in [0.4, 0.5) is 0 Å². The molecule has 0 fully saturated rings. The van der Waals surface area contributed by atoms with Gasteiger partial charge in [0.15, 0.2) is 0 Å². The zero-order valence-corrected chi connectivity index (χ0v) is 10.3. The summed E-state index contributed by atoms with van der Waals surface area (Å²) in [6.45, 7) is -0.289. The first-order chi connectivity index (χ1) is 8.05. The average Bonchev–Trinajstić information content (AvgIpc) is 2.35. The zero-order valence-electron chi connectivity index (χ0n) is 9.47. The van der Waals surface area contributed by atoms with Gasteiger partial charge < -0.3 is 14.3 Å². The number of sulfonamides is 1. The Hall–Kier alpha value is -1.60. The first kappa shape index (κ1) is 13.5. The highest BCUT2D eigenvalue weighted by atomic mass is 32.2. The van der Waals surface area contributed by atoms with E-state index in [0.717, 1.165) is 0 Å². The number of benzene rings is 1. The van der Waals surface area contributed by atoms with Gasteiger partial charge in [-0.25, -0.2) is 13.1 Å². The lowest BCUT2D eigenvalue weighted by Crippen LogP contribution is -2.25. The molecule has 0 atom stereocenters. The Morgan fingerprint density at radius 1 is 1.29 bits per heavy atom. The van der Waals surface area contributed by atoms with Crippen LogP contribution in [0.1, 0.15) is 0 Å². The molecule has 0 saturated heterocycles. The monoisotopic (exact) mass is 259 g/mol. The van der Waals surface area contributed by atoms with Gasteiger partial charge in [0.2, 0.25) is 10.0 Å². The summed E-state index contributed by atoms with van der Waals surface area (Å²) >= 11 is 0. The van der Waals surface area contributed by atoms with Crippen molar-refractivity contribution in [3.63, 3.8) is 0 Å². The Morgan fingerprint density at radius 3 is 2.53 bits per heavy atom. The smallest absolute Gasteiger partial charge is 0.244 e. The molecule has 1 aromatic carbocycles. The van der Waals surface area contributed by atoms with Crippen molar-refractivity contribution >= 4 is 16.3 Å². The summed E-state index contributed by atoms with van der Waals surface area (Å²) in [5.41, 5.74) is 0. The molecular formula is C10H13NO5S. The summed E-state index contributed by atoms with van der Waals surface area (Å²) < 4.78 is 35.7. The lowest BCUT2D eigenvalue weighted by Gasteiger charge is -2.10. The average molecular weight is 259 g/mol. The lowest BCUT2D eigenvalue weighted by atomic mass is 10.3. The third-order valence-electron chi connectivity index (χ3n) is 2.02. The van der Waals surface area contributed by atoms with Crippen molar-refractivity contribution in [1.29, 1.82) is 0 Å². The Kier molecular flexibility index (Phi) is 4.47. The van der Waals surface area contributed by atoms with E-state index in [2.05, 4.69) is 4.72 Å². The van der Waals surface area contributed by atoms with E-state index in [1.807, 2.05) is 0 Å². The van der Waals surface area contributed by atoms with Crippen molar-refractivity contribution in [2.45, 2.75) is 4.90 Å². The minimum absolute atomic E-state index is 0.0683. The minimum Gasteiger partial charge on any atom is -0.497 e. The first-order valence-electron chi connectivity index (χ1n) is 4.70. The molecule has 0 aliphatic rings. The van der Waals surface area contributed by atoms with E-state index in [0.29, 0.717) is 12.0 Å². The second kappa shape index (κ2) is 5.65. The van der Waals surface area contributed by atoms with Crippen LogP contribution in [0.3, 0.4) is 0 Å². The van der Waals surface area contributed by atoms with Crippen molar-refractivity contribution in [2.24, 2.45) is 0 Å². The highest BCUT2D eigenvalue weighted by Crippen LogP contribution is 2.27. The SMILES string of the molecule is COc1ccc(OC)c(S(=O)(=O)NCC=O)c1. The molecule has 94 valence electrons. The van der Waals surface area contributed by atoms with Gasteiger partial charge in [-0.3, -0.25) is 0 Å². The molecule has 0 spiro atoms. The molecule has 0 bridgehead atoms. The van der Waals surface area contributed by atoms with Gasteiger partial charge in [0.1, 0.15) is 22.7 Å². The van der Waals surface area contributed by atoms with Gasteiger partial charge in [0.25, 0.3) is 0 Å². The van der Waals surface area contributed by atoms with E-state index in [1.165, 1.54) is 26.4 Å². The van der Waals surface area contributed by atoms with Crippen molar-refractivity contribution in [3.8, 4) is 11.5 Å². The number of ether oxygens (including phenoxy) is 2. The maximum Gasteiger partial charge on any atom is 0.244 e. The number of aldehydes is 1. The Balaban J connectivity index is 3.22. The number of carbonyl (C=O) groups is 1. The van der Waals surface area contributed by atoms with Crippen molar-refractivity contribution in [3.05, 3.63) is 18.2 Å². The zero-order chi connectivity index (χ0) is 12.9. The number of hydrogen-bond acceptors (Lipinski definition) is 5. The van der Waals surface area contributed by atoms with Crippen LogP contribution in [0.25, 0.3) is 0 Å². The second-order valence-corrected chi connectivity index (χ2v) is 4.77. The Bertz CT molecular complexity index is 497. The van der Waals surface area contributed by atoms with E-state index in [9.17, 15) is 13.2 Å². The van der Waals surface area contributed by atoms with Gasteiger partial charge in [-0.2, -0.15) is 0 Å². The van der Waals surface area contributed by atoms with Crippen LogP contribution in [0.15, 0.2) is 23.1 Å². The standard InChI is InChI=1S/C10H13NO5S/c1-15-8-3-4-9(16-2)10(7-8)17(13,14)11-5-6-12/h3-4,6-7,11H,5H2,1-2H3. The molecule has 0 aliphatic heterocycles. The van der Waals surface area contributed by atoms with Crippen LogP contribution < -0.4 is 14.2 Å². The fourth-order valence-corrected chi connectivity index (χ4v) is 2.35. The first-order valence-corrected chi connectivity index (χ1v) is 6.19. The van der Waals surface area contributed by atoms with Crippen LogP contribution in [0.2, 0.25) is 0 Å². The maximum atomic E-state index is 11.8. The fraction of sp³-hybridized carbons (Fsp3) is 0.300. The van der Waals surface area contributed by atoms with Gasteiger partial charge in [-0.1, -0.05) is 0 Å². The molecule has 1 rings (SSSR count). The van der Waals surface area contributed by atoms with Gasteiger partial charge in [-0.15, -0.1) is 0 Å². The topological polar surface area (TPSA) is 81.7 Å². The van der Waals surface area contributed by atoms with Crippen LogP contribution in [0.5, 0.6) is 11.5 Å². The summed E-state index contributed by atoms with van der Waals surface area (Å²) in [7, 11) is -0.995. The largest absolute Gasteiger partial charge is 0.497 e. The maximum absolute atomic E-state index is 11.8. The Morgan fingerprint density at radius 2 is 2.00 bits per heavy atom. The highest BCUT2D eigenvalue weighted by Gasteiger charge is 2.19. The fourth-order valence-electron chi connectivity index (χ4n) is 1.22. The summed E-state index contributed by atoms with van der Waals surface area (Å²) in [6, 6.07) is 4.39. The van der Waals surface area contributed by atoms with Gasteiger partial charge >= 0.3 is 0 Å². The summed E-state index contributed by atoms with van der Waals surface area (Å²) in [6.07, 6.45) is 0.462. The number of nitrogens with one attached hydrogen (secondary N) is 1. The molecule has 0 radical (unpaired) electrons. The van der Waals surface area contributed by atoms with Crippen LogP contribution in [-0.4, -0.2) is 35.5 Å². The molecule has 0 heterocycles. The molecule has 17 heavy (non-hydrogen) atoms. The van der Waals surface area contributed by atoms with Crippen molar-refractivity contribution < 1.29 is 22.7 Å². The molecule has 0 aliphatic carbocycles. The van der Waals surface area contributed by atoms with Crippen LogP contribution in [-0.2, 0) is 14.8 Å². The molecule has 0 saturated carbocycles. The molecule has 1 aromatic rings. The van der Waals surface area contributed by atoms with E-state index in [-0.39, 0.29) is 17.2 Å². The minimum atomic E-state index is -3.78. The van der Waals surface area contributed by atoms with E-state index >= 15 is 0 Å². The van der Waals surface area contributed by atoms with Crippen molar-refractivity contribution in [2.75, 3.05) is 20.8 Å². The molecule has 0 aromatic heterocycles. The van der Waals surface area contributed by atoms with Gasteiger partial charge in [-0.05, 0) is 12.1 Å². The molecular weight excluding hydrogens is 246 g/mol. The molecule has 6 nitrogen and oxygen atoms in total. The Labute approximate surface area is 99.6 Å². The number of rotatable bonds is 6. The predicted octanol–water partition coefficient (Wildman–Crippen LogP) is 0.181. The predicted molar refractivity (Wildman–Crippen MR) is 60.8 cm³/mol. The normalized spacial score (nSPS) is 10.9. The number of methoxy groups -OCH3 is 2. The van der Waals surface area contributed by atoms with E-state index in [4.69, 9.17) is 9.47 Å². The summed E-state index contributed by atoms with van der Waals surface area (Å²) in [5.74, 6) is 0.571. The van der Waals surface area contributed by atoms with Crippen LogP contribution in [0, 0.1) is 0 Å². The molecule has 0 unspecified atom stereocenters. The quantitative estimate of drug-likeness (QED) is 0.737.